The van der Waals surface area contributed by atoms with Gasteiger partial charge in [-0.15, -0.1) is 11.3 Å². The van der Waals surface area contributed by atoms with Crippen molar-refractivity contribution in [1.82, 2.24) is 24.1 Å². The molecule has 11 rings (SSSR count). The van der Waals surface area contributed by atoms with Crippen LogP contribution in [0.3, 0.4) is 0 Å². The maximum absolute atomic E-state index is 8.93. The van der Waals surface area contributed by atoms with E-state index in [1.54, 1.807) is 11.3 Å². The third-order valence-electron chi connectivity index (χ3n) is 9.68. The van der Waals surface area contributed by atoms with E-state index in [2.05, 4.69) is 77.4 Å². The van der Waals surface area contributed by atoms with Crippen LogP contribution in [0.15, 0.2) is 164 Å². The van der Waals surface area contributed by atoms with Crippen LogP contribution in [-0.4, -0.2) is 24.1 Å². The molecule has 0 radical (unpaired) electrons. The van der Waals surface area contributed by atoms with Crippen molar-refractivity contribution in [3.63, 3.8) is 0 Å². The summed E-state index contributed by atoms with van der Waals surface area (Å²) in [4.78, 5) is 15.1. The third kappa shape index (κ3) is 4.17. The smallest absolute Gasteiger partial charge is 0.238 e. The van der Waals surface area contributed by atoms with E-state index < -0.39 is 18.1 Å². The zero-order valence-corrected chi connectivity index (χ0v) is 27.7. The van der Waals surface area contributed by atoms with Gasteiger partial charge in [0.25, 0.3) is 0 Å². The minimum atomic E-state index is -0.478. The summed E-state index contributed by atoms with van der Waals surface area (Å²) >= 11 is 1.64. The van der Waals surface area contributed by atoms with E-state index in [0.29, 0.717) is 5.82 Å². The van der Waals surface area contributed by atoms with E-state index in [1.165, 1.54) is 0 Å². The fourth-order valence-corrected chi connectivity index (χ4v) is 8.76. The number of aromatic nitrogens is 5. The molecule has 0 atom stereocenters. The average Bonchev–Trinajstić information content (AvgIpc) is 3.90. The molecule has 6 heteroatoms. The fraction of sp³-hybridized carbons (Fsp3) is 0. The first-order valence-electron chi connectivity index (χ1n) is 19.1. The maximum atomic E-state index is 8.93. The quantitative estimate of drug-likeness (QED) is 0.187. The lowest BCUT2D eigenvalue weighted by Crippen LogP contribution is -2.06. The average molecular weight is 675 g/mol. The van der Waals surface area contributed by atoms with Crippen molar-refractivity contribution in [2.75, 3.05) is 0 Å². The predicted octanol–water partition coefficient (Wildman–Crippen LogP) is 11.8. The van der Waals surface area contributed by atoms with Crippen LogP contribution in [0.1, 0.15) is 6.85 Å². The number of hydrogen-bond donors (Lipinski definition) is 0. The summed E-state index contributed by atoms with van der Waals surface area (Å²) in [6, 6.07) is 43.3. The molecule has 0 N–H and O–H groups in total. The SMILES string of the molecule is [2H]c1c([2H])c([2H])c(-c2nc(-c3cccc4c3sc3ccccc34)nc(-n3c4ccccc4c4c3ccc3c5ccccc5n(-c5ccccc5)c34)n2)c([2H])c1[2H]. The second kappa shape index (κ2) is 10.9. The van der Waals surface area contributed by atoms with Crippen LogP contribution in [0.5, 0.6) is 0 Å². The minimum absolute atomic E-state index is 0.00878. The molecule has 0 spiro atoms. The molecule has 4 aromatic heterocycles. The summed E-state index contributed by atoms with van der Waals surface area (Å²) in [5.74, 6) is 0.591. The molecular weight excluding hydrogens is 643 g/mol. The van der Waals surface area contributed by atoms with E-state index in [1.807, 2.05) is 65.2 Å². The molecular formula is C45H27N5S. The van der Waals surface area contributed by atoms with E-state index in [4.69, 9.17) is 21.8 Å². The first-order valence-corrected chi connectivity index (χ1v) is 17.5. The molecule has 0 unspecified atom stereocenters. The molecule has 4 heterocycles. The molecule has 5 nitrogen and oxygen atoms in total. The monoisotopic (exact) mass is 674 g/mol. The van der Waals surface area contributed by atoms with Gasteiger partial charge in [0.1, 0.15) is 0 Å². The Morgan fingerprint density at radius 1 is 0.490 bits per heavy atom. The van der Waals surface area contributed by atoms with Gasteiger partial charge in [0, 0.05) is 58.5 Å². The lowest BCUT2D eigenvalue weighted by Gasteiger charge is -2.12. The lowest BCUT2D eigenvalue weighted by atomic mass is 10.1. The van der Waals surface area contributed by atoms with Gasteiger partial charge in [0.15, 0.2) is 11.6 Å². The number of hydrogen-bond acceptors (Lipinski definition) is 4. The van der Waals surface area contributed by atoms with Crippen LogP contribution >= 0.6 is 11.3 Å². The maximum Gasteiger partial charge on any atom is 0.238 e. The molecule has 0 aliphatic heterocycles. The highest BCUT2D eigenvalue weighted by molar-refractivity contribution is 7.26. The lowest BCUT2D eigenvalue weighted by molar-refractivity contribution is 0.954. The molecule has 51 heavy (non-hydrogen) atoms. The zero-order chi connectivity index (χ0) is 37.8. The highest BCUT2D eigenvalue weighted by Gasteiger charge is 2.23. The Kier molecular flexibility index (Phi) is 5.08. The van der Waals surface area contributed by atoms with E-state index in [0.717, 1.165) is 75.0 Å². The van der Waals surface area contributed by atoms with Gasteiger partial charge in [-0.2, -0.15) is 9.97 Å². The van der Waals surface area contributed by atoms with Crippen LogP contribution in [0, 0.1) is 0 Å². The Bertz CT molecular complexity index is 3410. The van der Waals surface area contributed by atoms with Crippen molar-refractivity contribution in [3.8, 4) is 34.4 Å². The fourth-order valence-electron chi connectivity index (χ4n) is 7.55. The van der Waals surface area contributed by atoms with Crippen LogP contribution in [0.4, 0.5) is 0 Å². The highest BCUT2D eigenvalue weighted by atomic mass is 32.1. The minimum Gasteiger partial charge on any atom is -0.309 e. The van der Waals surface area contributed by atoms with Crippen molar-refractivity contribution in [2.45, 2.75) is 0 Å². The van der Waals surface area contributed by atoms with Crippen molar-refractivity contribution in [2.24, 2.45) is 0 Å². The molecule has 238 valence electrons. The van der Waals surface area contributed by atoms with Gasteiger partial charge >= 0.3 is 0 Å². The molecule has 0 saturated carbocycles. The highest BCUT2D eigenvalue weighted by Crippen LogP contribution is 2.43. The first-order chi connectivity index (χ1) is 27.4. The van der Waals surface area contributed by atoms with Gasteiger partial charge < -0.3 is 4.57 Å². The standard InChI is InChI=1S/C45H27N5S/c1-3-14-28(15-4-1)43-46-44(35-22-13-21-33-31-19-9-12-25-39(31)51-42(33)35)48-45(47-43)50-37-24-11-8-20-34(37)40-38(50)27-26-32-30-18-7-10-23-36(30)49(41(32)40)29-16-5-2-6-17-29/h1-27H/i1D,3D,4D,14D,15D. The number of para-hydroxylation sites is 3. The van der Waals surface area contributed by atoms with Crippen LogP contribution in [0.2, 0.25) is 0 Å². The van der Waals surface area contributed by atoms with Gasteiger partial charge in [-0.25, -0.2) is 4.98 Å². The van der Waals surface area contributed by atoms with Crippen molar-refractivity contribution < 1.29 is 6.85 Å². The van der Waals surface area contributed by atoms with Gasteiger partial charge in [0.05, 0.1) is 28.9 Å². The Hall–Kier alpha value is -6.63. The Morgan fingerprint density at radius 3 is 2.02 bits per heavy atom. The summed E-state index contributed by atoms with van der Waals surface area (Å²) in [7, 11) is 0. The summed E-state index contributed by atoms with van der Waals surface area (Å²) < 4.78 is 49.6. The normalized spacial score (nSPS) is 13.3. The molecule has 11 aromatic rings. The van der Waals surface area contributed by atoms with Crippen LogP contribution in [-0.2, 0) is 0 Å². The number of rotatable bonds is 4. The van der Waals surface area contributed by atoms with Gasteiger partial charge in [-0.1, -0.05) is 121 Å². The molecule has 0 bridgehead atoms. The van der Waals surface area contributed by atoms with E-state index >= 15 is 0 Å². The largest absolute Gasteiger partial charge is 0.309 e. The number of benzene rings is 7. The predicted molar refractivity (Wildman–Crippen MR) is 212 cm³/mol. The molecule has 0 aliphatic carbocycles. The summed E-state index contributed by atoms with van der Waals surface area (Å²) in [5, 5.41) is 6.42. The topological polar surface area (TPSA) is 48.5 Å². The Morgan fingerprint density at radius 2 is 1.18 bits per heavy atom. The van der Waals surface area contributed by atoms with Gasteiger partial charge in [0.2, 0.25) is 5.95 Å². The van der Waals surface area contributed by atoms with Crippen molar-refractivity contribution >= 4 is 75.1 Å². The summed E-state index contributed by atoms with van der Waals surface area (Å²) in [6.45, 7) is 0. The molecule has 0 amide bonds. The molecule has 0 aliphatic rings. The Balaban J connectivity index is 1.29. The third-order valence-corrected chi connectivity index (χ3v) is 10.9. The van der Waals surface area contributed by atoms with Crippen LogP contribution < -0.4 is 0 Å². The van der Waals surface area contributed by atoms with E-state index in [-0.39, 0.29) is 29.4 Å². The molecule has 0 saturated heterocycles. The van der Waals surface area contributed by atoms with Crippen LogP contribution in [0.25, 0.3) is 98.2 Å². The number of fused-ring (bicyclic) bond motifs is 10. The second-order valence-corrected chi connectivity index (χ2v) is 13.5. The molecule has 0 fully saturated rings. The van der Waals surface area contributed by atoms with Crippen molar-refractivity contribution in [1.29, 1.82) is 0 Å². The molecule has 7 aromatic carbocycles. The van der Waals surface area contributed by atoms with Gasteiger partial charge in [-0.05, 0) is 42.5 Å². The van der Waals surface area contributed by atoms with E-state index in [9.17, 15) is 0 Å². The van der Waals surface area contributed by atoms with Crippen molar-refractivity contribution in [3.05, 3.63) is 164 Å². The zero-order valence-electron chi connectivity index (χ0n) is 31.8. The number of thiophene rings is 1. The van der Waals surface area contributed by atoms with Gasteiger partial charge in [-0.3, -0.25) is 4.57 Å². The first kappa shape index (κ1) is 23.7. The summed E-state index contributed by atoms with van der Waals surface area (Å²) in [5.41, 5.74) is 5.53. The summed E-state index contributed by atoms with van der Waals surface area (Å²) in [6.07, 6.45) is 0. The second-order valence-electron chi connectivity index (χ2n) is 12.5. The number of nitrogens with zero attached hydrogens (tertiary/aromatic N) is 5. The Labute approximate surface area is 303 Å².